The topological polar surface area (TPSA) is 41.0 Å². The first-order chi connectivity index (χ1) is 9.69. The van der Waals surface area contributed by atoms with Gasteiger partial charge in [-0.15, -0.1) is 0 Å². The fraction of sp³-hybridized carbons (Fsp3) is 0.375. The van der Waals surface area contributed by atoms with Gasteiger partial charge in [-0.2, -0.15) is 0 Å². The molecule has 1 aromatic heterocycles. The number of nitrogens with one attached hydrogen (secondary N) is 1. The summed E-state index contributed by atoms with van der Waals surface area (Å²) in [5.74, 6) is 1.92. The van der Waals surface area contributed by atoms with Crippen LogP contribution < -0.4 is 10.2 Å². The van der Waals surface area contributed by atoms with Crippen molar-refractivity contribution in [2.45, 2.75) is 26.2 Å². The maximum Gasteiger partial charge on any atom is 0.139 e. The van der Waals surface area contributed by atoms with E-state index in [2.05, 4.69) is 51.5 Å². The van der Waals surface area contributed by atoms with Gasteiger partial charge in [-0.05, 0) is 50.5 Å². The molecule has 1 aliphatic rings. The number of nitrogens with zero attached hydrogens (tertiary/aromatic N) is 3. The van der Waals surface area contributed by atoms with Crippen LogP contribution in [0.1, 0.15) is 23.5 Å². The Labute approximate surface area is 119 Å². The summed E-state index contributed by atoms with van der Waals surface area (Å²) in [4.78, 5) is 11.4. The maximum atomic E-state index is 4.66. The van der Waals surface area contributed by atoms with Crippen LogP contribution in [0, 0.1) is 6.92 Å². The van der Waals surface area contributed by atoms with Gasteiger partial charge < -0.3 is 10.2 Å². The van der Waals surface area contributed by atoms with E-state index in [1.165, 1.54) is 17.7 Å². The van der Waals surface area contributed by atoms with Crippen molar-refractivity contribution in [2.24, 2.45) is 0 Å². The molecule has 0 saturated heterocycles. The van der Waals surface area contributed by atoms with Gasteiger partial charge >= 0.3 is 0 Å². The average Bonchev–Trinajstić information content (AvgIpc) is 2.94. The summed E-state index contributed by atoms with van der Waals surface area (Å²) >= 11 is 0. The van der Waals surface area contributed by atoms with Crippen molar-refractivity contribution in [2.75, 3.05) is 24.3 Å². The van der Waals surface area contributed by atoms with Gasteiger partial charge in [0.25, 0.3) is 0 Å². The number of aromatic nitrogens is 2. The highest BCUT2D eigenvalue weighted by atomic mass is 15.2. The zero-order valence-electron chi connectivity index (χ0n) is 12.3. The monoisotopic (exact) mass is 268 g/mol. The Bertz CT molecular complexity index is 619. The number of hydrogen-bond acceptors (Lipinski definition) is 4. The molecule has 1 aliphatic carbocycles. The minimum absolute atomic E-state index is 0.861. The summed E-state index contributed by atoms with van der Waals surface area (Å²) < 4.78 is 0. The fourth-order valence-electron chi connectivity index (χ4n) is 2.78. The van der Waals surface area contributed by atoms with Crippen molar-refractivity contribution < 1.29 is 0 Å². The highest BCUT2D eigenvalue weighted by Crippen LogP contribution is 2.32. The van der Waals surface area contributed by atoms with E-state index in [1.54, 1.807) is 0 Å². The van der Waals surface area contributed by atoms with Crippen LogP contribution in [0.5, 0.6) is 0 Å². The zero-order valence-corrected chi connectivity index (χ0v) is 12.3. The van der Waals surface area contributed by atoms with Crippen LogP contribution in [0.3, 0.4) is 0 Å². The van der Waals surface area contributed by atoms with Crippen molar-refractivity contribution in [3.8, 4) is 0 Å². The summed E-state index contributed by atoms with van der Waals surface area (Å²) in [6.07, 6.45) is 3.36. The van der Waals surface area contributed by atoms with E-state index >= 15 is 0 Å². The molecule has 0 bridgehead atoms. The van der Waals surface area contributed by atoms with Crippen molar-refractivity contribution in [3.63, 3.8) is 0 Å². The van der Waals surface area contributed by atoms with Crippen molar-refractivity contribution in [1.82, 2.24) is 9.97 Å². The third kappa shape index (κ3) is 2.22. The predicted octanol–water partition coefficient (Wildman–Crippen LogP) is 3.08. The lowest BCUT2D eigenvalue weighted by molar-refractivity contribution is 0.895. The molecule has 1 heterocycles. The summed E-state index contributed by atoms with van der Waals surface area (Å²) in [7, 11) is 4.01. The number of benzene rings is 1. The third-order valence-electron chi connectivity index (χ3n) is 3.88. The zero-order chi connectivity index (χ0) is 14.1. The van der Waals surface area contributed by atoms with Crippen LogP contribution in [-0.2, 0) is 12.8 Å². The van der Waals surface area contributed by atoms with Gasteiger partial charge in [0.2, 0.25) is 0 Å². The van der Waals surface area contributed by atoms with Gasteiger partial charge in [-0.1, -0.05) is 0 Å². The molecule has 0 amide bonds. The van der Waals surface area contributed by atoms with E-state index in [-0.39, 0.29) is 0 Å². The van der Waals surface area contributed by atoms with Crippen LogP contribution in [0.2, 0.25) is 0 Å². The van der Waals surface area contributed by atoms with E-state index in [0.29, 0.717) is 0 Å². The molecule has 20 heavy (non-hydrogen) atoms. The Morgan fingerprint density at radius 3 is 2.55 bits per heavy atom. The SMILES string of the molecule is CNc1ccc(N(C)c2nc(C)nc3c2CCC3)cc1. The van der Waals surface area contributed by atoms with Crippen molar-refractivity contribution >= 4 is 17.2 Å². The first kappa shape index (κ1) is 12.9. The van der Waals surface area contributed by atoms with Crippen LogP contribution >= 0.6 is 0 Å². The van der Waals surface area contributed by atoms with E-state index in [4.69, 9.17) is 0 Å². The average molecular weight is 268 g/mol. The molecule has 3 rings (SSSR count). The molecule has 4 heteroatoms. The van der Waals surface area contributed by atoms with Crippen molar-refractivity contribution in [1.29, 1.82) is 0 Å². The third-order valence-corrected chi connectivity index (χ3v) is 3.88. The lowest BCUT2D eigenvalue weighted by atomic mass is 10.2. The van der Waals surface area contributed by atoms with E-state index < -0.39 is 0 Å². The van der Waals surface area contributed by atoms with Crippen LogP contribution in [0.25, 0.3) is 0 Å². The largest absolute Gasteiger partial charge is 0.388 e. The molecule has 104 valence electrons. The summed E-state index contributed by atoms with van der Waals surface area (Å²) in [6.45, 7) is 1.97. The number of hydrogen-bond donors (Lipinski definition) is 1. The first-order valence-electron chi connectivity index (χ1n) is 7.07. The fourth-order valence-corrected chi connectivity index (χ4v) is 2.78. The van der Waals surface area contributed by atoms with Gasteiger partial charge in [0.05, 0.1) is 0 Å². The first-order valence-corrected chi connectivity index (χ1v) is 7.07. The van der Waals surface area contributed by atoms with Crippen LogP contribution in [-0.4, -0.2) is 24.1 Å². The molecule has 0 fully saturated rings. The molecule has 1 aromatic carbocycles. The molecule has 0 radical (unpaired) electrons. The molecule has 0 saturated carbocycles. The number of fused-ring (bicyclic) bond motifs is 1. The quantitative estimate of drug-likeness (QED) is 0.928. The lowest BCUT2D eigenvalue weighted by Crippen LogP contribution is -2.15. The lowest BCUT2D eigenvalue weighted by Gasteiger charge is -2.21. The van der Waals surface area contributed by atoms with E-state index in [0.717, 1.165) is 35.9 Å². The molecule has 0 aliphatic heterocycles. The Hall–Kier alpha value is -2.10. The molecular weight excluding hydrogens is 248 g/mol. The molecule has 2 aromatic rings. The van der Waals surface area contributed by atoms with Crippen LogP contribution in [0.15, 0.2) is 24.3 Å². The Morgan fingerprint density at radius 2 is 1.85 bits per heavy atom. The van der Waals surface area contributed by atoms with E-state index in [1.807, 2.05) is 14.0 Å². The Kier molecular flexibility index (Phi) is 3.30. The summed E-state index contributed by atoms with van der Waals surface area (Å²) in [6, 6.07) is 8.40. The molecule has 1 N–H and O–H groups in total. The number of rotatable bonds is 3. The van der Waals surface area contributed by atoms with Gasteiger partial charge in [-0.25, -0.2) is 9.97 Å². The summed E-state index contributed by atoms with van der Waals surface area (Å²) in [5, 5.41) is 3.14. The Balaban J connectivity index is 1.99. The maximum absolute atomic E-state index is 4.66. The van der Waals surface area contributed by atoms with Gasteiger partial charge in [0, 0.05) is 36.7 Å². The van der Waals surface area contributed by atoms with Gasteiger partial charge in [0.1, 0.15) is 11.6 Å². The Morgan fingerprint density at radius 1 is 1.10 bits per heavy atom. The van der Waals surface area contributed by atoms with Gasteiger partial charge in [0.15, 0.2) is 0 Å². The molecule has 0 spiro atoms. The second-order valence-electron chi connectivity index (χ2n) is 5.23. The standard InChI is InChI=1S/C16H20N4/c1-11-18-15-6-4-5-14(15)16(19-11)20(3)13-9-7-12(17-2)8-10-13/h7-10,17H,4-6H2,1-3H3. The van der Waals surface area contributed by atoms with Crippen molar-refractivity contribution in [3.05, 3.63) is 41.3 Å². The number of anilines is 3. The minimum Gasteiger partial charge on any atom is -0.388 e. The van der Waals surface area contributed by atoms with Crippen LogP contribution in [0.4, 0.5) is 17.2 Å². The second kappa shape index (κ2) is 5.12. The smallest absolute Gasteiger partial charge is 0.139 e. The second-order valence-corrected chi connectivity index (χ2v) is 5.23. The molecule has 0 atom stereocenters. The molecular formula is C16H20N4. The molecule has 4 nitrogen and oxygen atoms in total. The predicted molar refractivity (Wildman–Crippen MR) is 82.8 cm³/mol. The minimum atomic E-state index is 0.861. The highest BCUT2D eigenvalue weighted by Gasteiger charge is 2.21. The normalized spacial score (nSPS) is 13.2. The molecule has 0 unspecified atom stereocenters. The van der Waals surface area contributed by atoms with E-state index in [9.17, 15) is 0 Å². The van der Waals surface area contributed by atoms with Gasteiger partial charge in [-0.3, -0.25) is 0 Å². The number of aryl methyl sites for hydroxylation is 2. The highest BCUT2D eigenvalue weighted by molar-refractivity contribution is 5.65. The summed E-state index contributed by atoms with van der Waals surface area (Å²) in [5.41, 5.74) is 4.81.